The SMILES string of the molecule is CC/C(SN1CCC(O)CC1)=C1\Nc2ncc3c(C)nn(c3n2)CCCOC1=N. The van der Waals surface area contributed by atoms with E-state index >= 15 is 0 Å². The van der Waals surface area contributed by atoms with Gasteiger partial charge in [-0.2, -0.15) is 10.1 Å². The third-order valence-electron chi connectivity index (χ3n) is 5.16. The van der Waals surface area contributed by atoms with Crippen LogP contribution in [-0.2, 0) is 11.3 Å². The van der Waals surface area contributed by atoms with Gasteiger partial charge in [0.1, 0.15) is 5.70 Å². The zero-order valence-corrected chi connectivity index (χ0v) is 17.6. The maximum atomic E-state index is 9.76. The van der Waals surface area contributed by atoms with Gasteiger partial charge in [0, 0.05) is 37.2 Å². The largest absolute Gasteiger partial charge is 0.476 e. The highest BCUT2D eigenvalue weighted by Gasteiger charge is 2.23. The minimum atomic E-state index is -0.213. The monoisotopic (exact) mass is 417 g/mol. The number of anilines is 1. The molecular formula is C19H27N7O2S. The number of aliphatic hydroxyl groups excluding tert-OH is 1. The lowest BCUT2D eigenvalue weighted by molar-refractivity contribution is 0.116. The Balaban J connectivity index is 1.67. The summed E-state index contributed by atoms with van der Waals surface area (Å²) in [4.78, 5) is 10.1. The van der Waals surface area contributed by atoms with E-state index in [9.17, 15) is 5.11 Å². The van der Waals surface area contributed by atoms with Crippen molar-refractivity contribution in [2.45, 2.75) is 52.2 Å². The number of aliphatic hydroxyl groups is 1. The lowest BCUT2D eigenvalue weighted by Gasteiger charge is -2.29. The molecule has 2 aromatic heterocycles. The number of nitrogens with one attached hydrogen (secondary N) is 2. The number of hydrogen-bond donors (Lipinski definition) is 3. The molecule has 3 N–H and O–H groups in total. The van der Waals surface area contributed by atoms with E-state index in [0.717, 1.165) is 60.4 Å². The first-order valence-corrected chi connectivity index (χ1v) is 10.9. The molecule has 0 saturated carbocycles. The first-order valence-electron chi connectivity index (χ1n) is 10.1. The van der Waals surface area contributed by atoms with Crippen LogP contribution in [-0.4, -0.2) is 60.9 Å². The third kappa shape index (κ3) is 4.39. The molecule has 0 atom stereocenters. The van der Waals surface area contributed by atoms with E-state index in [0.29, 0.717) is 24.8 Å². The molecule has 4 rings (SSSR count). The molecule has 0 aliphatic carbocycles. The molecule has 0 spiro atoms. The Hall–Kier alpha value is -2.17. The smallest absolute Gasteiger partial charge is 0.231 e. The van der Waals surface area contributed by atoms with Gasteiger partial charge in [0.15, 0.2) is 5.65 Å². The second-order valence-electron chi connectivity index (χ2n) is 7.30. The Labute approximate surface area is 174 Å². The van der Waals surface area contributed by atoms with Crippen LogP contribution in [0.3, 0.4) is 0 Å². The van der Waals surface area contributed by atoms with Gasteiger partial charge < -0.3 is 15.2 Å². The van der Waals surface area contributed by atoms with E-state index in [1.165, 1.54) is 0 Å². The lowest BCUT2D eigenvalue weighted by atomic mass is 10.1. The standard InChI is InChI=1S/C19H27N7O2S/c1-3-15(29-25-8-5-13(27)6-9-25)16-17(20)28-10-4-7-26-18-14(12(2)24-26)11-21-19(22-16)23-18/h11,13,20,27H,3-10H2,1-2H3,(H,21,22,23)/b16-15+,20-17?. The van der Waals surface area contributed by atoms with Crippen LogP contribution >= 0.6 is 11.9 Å². The van der Waals surface area contributed by atoms with Gasteiger partial charge in [0.25, 0.3) is 0 Å². The second kappa shape index (κ2) is 8.68. The fourth-order valence-electron chi connectivity index (χ4n) is 3.53. The summed E-state index contributed by atoms with van der Waals surface area (Å²) in [7, 11) is 0. The van der Waals surface area contributed by atoms with Gasteiger partial charge in [-0.3, -0.25) is 5.41 Å². The van der Waals surface area contributed by atoms with Crippen LogP contribution in [0, 0.1) is 12.3 Å². The molecule has 2 aromatic rings. The molecule has 9 nitrogen and oxygen atoms in total. The highest BCUT2D eigenvalue weighted by molar-refractivity contribution is 8.00. The van der Waals surface area contributed by atoms with E-state index in [1.54, 1.807) is 18.1 Å². The highest BCUT2D eigenvalue weighted by atomic mass is 32.2. The van der Waals surface area contributed by atoms with E-state index < -0.39 is 0 Å². The molecule has 0 unspecified atom stereocenters. The van der Waals surface area contributed by atoms with Gasteiger partial charge in [-0.15, -0.1) is 0 Å². The molecular weight excluding hydrogens is 390 g/mol. The molecule has 2 aliphatic heterocycles. The van der Waals surface area contributed by atoms with E-state index in [1.807, 2.05) is 11.6 Å². The number of nitrogens with zero attached hydrogens (tertiary/aromatic N) is 5. The van der Waals surface area contributed by atoms with Crippen LogP contribution in [0.5, 0.6) is 0 Å². The van der Waals surface area contributed by atoms with Crippen LogP contribution in [0.4, 0.5) is 5.95 Å². The van der Waals surface area contributed by atoms with Crippen LogP contribution in [0.1, 0.15) is 38.3 Å². The predicted molar refractivity (Wildman–Crippen MR) is 114 cm³/mol. The van der Waals surface area contributed by atoms with Crippen molar-refractivity contribution in [1.82, 2.24) is 24.1 Å². The molecule has 2 aliphatic rings. The van der Waals surface area contributed by atoms with Crippen molar-refractivity contribution in [3.63, 3.8) is 0 Å². The van der Waals surface area contributed by atoms with E-state index in [4.69, 9.17) is 10.1 Å². The molecule has 10 heteroatoms. The van der Waals surface area contributed by atoms with Gasteiger partial charge in [0.2, 0.25) is 11.8 Å². The average Bonchev–Trinajstić information content (AvgIpc) is 3.03. The maximum Gasteiger partial charge on any atom is 0.231 e. The molecule has 0 aromatic carbocycles. The maximum absolute atomic E-state index is 9.76. The zero-order chi connectivity index (χ0) is 20.4. The van der Waals surface area contributed by atoms with E-state index in [2.05, 4.69) is 31.6 Å². The van der Waals surface area contributed by atoms with Crippen molar-refractivity contribution in [2.75, 3.05) is 25.0 Å². The topological polar surface area (TPSA) is 112 Å². The summed E-state index contributed by atoms with van der Waals surface area (Å²) in [5.41, 5.74) is 2.31. The van der Waals surface area contributed by atoms with Crippen LogP contribution in [0.15, 0.2) is 16.8 Å². The molecule has 0 amide bonds. The molecule has 2 bridgehead atoms. The van der Waals surface area contributed by atoms with Crippen molar-refractivity contribution in [3.05, 3.63) is 22.5 Å². The molecule has 156 valence electrons. The molecule has 4 heterocycles. The number of rotatable bonds is 3. The summed E-state index contributed by atoms with van der Waals surface area (Å²) >= 11 is 1.62. The summed E-state index contributed by atoms with van der Waals surface area (Å²) in [5, 5.41) is 27.0. The van der Waals surface area contributed by atoms with Gasteiger partial charge in [0.05, 0.1) is 23.8 Å². The fraction of sp³-hybridized carbons (Fsp3) is 0.579. The summed E-state index contributed by atoms with van der Waals surface area (Å²) in [6.07, 6.45) is 4.60. The van der Waals surface area contributed by atoms with Gasteiger partial charge in [-0.25, -0.2) is 14.0 Å². The number of hydrogen-bond acceptors (Lipinski definition) is 9. The van der Waals surface area contributed by atoms with Crippen molar-refractivity contribution in [1.29, 1.82) is 5.41 Å². The summed E-state index contributed by atoms with van der Waals surface area (Å²) in [6.45, 7) is 6.77. The van der Waals surface area contributed by atoms with Crippen LogP contribution < -0.4 is 5.32 Å². The molecule has 1 saturated heterocycles. The number of allylic oxidation sites excluding steroid dienone is 1. The quantitative estimate of drug-likeness (QED) is 0.654. The normalized spacial score (nSPS) is 21.0. The molecule has 0 radical (unpaired) electrons. The van der Waals surface area contributed by atoms with Gasteiger partial charge in [-0.1, -0.05) is 6.92 Å². The second-order valence-corrected chi connectivity index (χ2v) is 8.49. The van der Waals surface area contributed by atoms with Crippen molar-refractivity contribution in [2.24, 2.45) is 0 Å². The Bertz CT molecular complexity index is 934. The van der Waals surface area contributed by atoms with Crippen molar-refractivity contribution >= 4 is 34.8 Å². The first-order chi connectivity index (χ1) is 14.0. The minimum Gasteiger partial charge on any atom is -0.476 e. The number of fused-ring (bicyclic) bond motifs is 1. The van der Waals surface area contributed by atoms with E-state index in [-0.39, 0.29) is 12.0 Å². The number of aromatic nitrogens is 4. The average molecular weight is 418 g/mol. The Morgan fingerprint density at radius 3 is 2.93 bits per heavy atom. The fourth-order valence-corrected chi connectivity index (χ4v) is 4.59. The van der Waals surface area contributed by atoms with Gasteiger partial charge in [-0.05, 0) is 38.1 Å². The first kappa shape index (κ1) is 20.1. The van der Waals surface area contributed by atoms with Crippen molar-refractivity contribution in [3.8, 4) is 0 Å². The van der Waals surface area contributed by atoms with Crippen molar-refractivity contribution < 1.29 is 9.84 Å². The number of aryl methyl sites for hydroxylation is 2. The Morgan fingerprint density at radius 1 is 1.38 bits per heavy atom. The highest BCUT2D eigenvalue weighted by Crippen LogP contribution is 2.31. The molecule has 29 heavy (non-hydrogen) atoms. The summed E-state index contributed by atoms with van der Waals surface area (Å²) in [6, 6.07) is 0. The lowest BCUT2D eigenvalue weighted by Crippen LogP contribution is -2.31. The summed E-state index contributed by atoms with van der Waals surface area (Å²) < 4.78 is 9.87. The summed E-state index contributed by atoms with van der Waals surface area (Å²) in [5.74, 6) is 0.537. The third-order valence-corrected chi connectivity index (χ3v) is 6.50. The number of ether oxygens (including phenoxy) is 1. The Kier molecular flexibility index (Phi) is 6.02. The zero-order valence-electron chi connectivity index (χ0n) is 16.8. The predicted octanol–water partition coefficient (Wildman–Crippen LogP) is 2.67. The van der Waals surface area contributed by atoms with Gasteiger partial charge >= 0.3 is 0 Å². The minimum absolute atomic E-state index is 0.103. The van der Waals surface area contributed by atoms with Crippen LogP contribution in [0.25, 0.3) is 11.0 Å². The Morgan fingerprint density at radius 2 is 2.17 bits per heavy atom. The van der Waals surface area contributed by atoms with Crippen LogP contribution in [0.2, 0.25) is 0 Å². The molecule has 1 fully saturated rings. The number of piperidine rings is 1.